The summed E-state index contributed by atoms with van der Waals surface area (Å²) in [4.78, 5) is 0. The zero-order chi connectivity index (χ0) is 4.50. The summed E-state index contributed by atoms with van der Waals surface area (Å²) < 4.78 is 34.1. The Balaban J connectivity index is -0.00000000800. The van der Waals surface area contributed by atoms with Gasteiger partial charge in [-0.05, 0) is 0 Å². The largest absolute Gasteiger partial charge is 3.00 e. The molecule has 0 heterocycles. The van der Waals surface area contributed by atoms with E-state index in [1.807, 2.05) is 0 Å². The molecule has 0 aromatic carbocycles. The van der Waals surface area contributed by atoms with Gasteiger partial charge < -0.3 is 31.0 Å². The maximum absolute atomic E-state index is 8.52. The minimum Gasteiger partial charge on any atom is -0.759 e. The minimum atomic E-state index is -5.17. The Morgan fingerprint density at radius 2 is 0.800 bits per heavy atom. The topological polar surface area (TPSA) is 206 Å². The third kappa shape index (κ3) is 8170. The van der Waals surface area contributed by atoms with Crippen molar-refractivity contribution in [1.29, 1.82) is 0 Å². The molecule has 10 heteroatoms. The summed E-state index contributed by atoms with van der Waals surface area (Å²) in [7, 11) is -5.17. The molecule has 0 unspecified atom stereocenters. The fraction of sp³-hybridized carbons (Fsp3) is 0. The smallest absolute Gasteiger partial charge is 0.759 e. The monoisotopic (exact) mass is 223 g/mol. The molecule has 0 rings (SSSR count). The Bertz CT molecular complexity index is 92.4. The quantitative estimate of drug-likeness (QED) is 0.225. The Labute approximate surface area is 67.5 Å². The first-order valence-corrected chi connectivity index (χ1v) is 2.00. The first-order chi connectivity index (χ1) is 2.00. The van der Waals surface area contributed by atoms with Crippen LogP contribution in [0, 0.1) is 0 Å². The van der Waals surface area contributed by atoms with Crippen LogP contribution in [0.1, 0.15) is 0 Å². The molecule has 0 bridgehead atoms. The summed E-state index contributed by atoms with van der Waals surface area (Å²) in [5.41, 5.74) is 0. The van der Waals surface area contributed by atoms with Crippen LogP contribution in [-0.4, -0.2) is 39.4 Å². The summed E-state index contributed by atoms with van der Waals surface area (Å²) in [5, 5.41) is 0. The van der Waals surface area contributed by atoms with Gasteiger partial charge in [-0.1, -0.05) is 0 Å². The zero-order valence-electron chi connectivity index (χ0n) is 4.42. The van der Waals surface area contributed by atoms with E-state index in [4.69, 9.17) is 17.5 Å². The molecule has 0 aliphatic rings. The van der Waals surface area contributed by atoms with Gasteiger partial charge in [-0.3, -0.25) is 8.42 Å². The van der Waals surface area contributed by atoms with Crippen molar-refractivity contribution in [1.82, 2.24) is 0 Å². The van der Waals surface area contributed by atoms with Crippen molar-refractivity contribution in [3.05, 3.63) is 0 Å². The molecule has 0 aromatic heterocycles. The maximum Gasteiger partial charge on any atom is 3.00 e. The standard InChI is InChI=1S/Mn.H2O4S.4H2O/c;1-5(2,3)4;;;;/h;(H2,1,2,3,4);4*1H2/q+3;;;;;/p-2. The van der Waals surface area contributed by atoms with E-state index < -0.39 is 10.4 Å². The first kappa shape index (κ1) is 48.7. The third-order valence-corrected chi connectivity index (χ3v) is 0. The van der Waals surface area contributed by atoms with E-state index in [1.165, 1.54) is 0 Å². The van der Waals surface area contributed by atoms with Crippen molar-refractivity contribution in [2.45, 2.75) is 0 Å². The van der Waals surface area contributed by atoms with Gasteiger partial charge in [0, 0.05) is 10.4 Å². The first-order valence-electron chi connectivity index (χ1n) is 0.667. The van der Waals surface area contributed by atoms with E-state index in [1.54, 1.807) is 0 Å². The van der Waals surface area contributed by atoms with E-state index in [2.05, 4.69) is 0 Å². The van der Waals surface area contributed by atoms with Crippen molar-refractivity contribution >= 4 is 10.4 Å². The summed E-state index contributed by atoms with van der Waals surface area (Å²) in [6, 6.07) is 0. The molecule has 0 aliphatic heterocycles. The van der Waals surface area contributed by atoms with Crippen LogP contribution in [0.3, 0.4) is 0 Å². The van der Waals surface area contributed by atoms with E-state index in [0.717, 1.165) is 0 Å². The summed E-state index contributed by atoms with van der Waals surface area (Å²) >= 11 is 0. The predicted octanol–water partition coefficient (Wildman–Crippen LogP) is -4.64. The van der Waals surface area contributed by atoms with Gasteiger partial charge in [0.05, 0.1) is 0 Å². The Kier molecular flexibility index (Phi) is 78.5. The Hall–Kier alpha value is 0.229. The average Bonchev–Trinajstić information content (AvgIpc) is 0.722. The van der Waals surface area contributed by atoms with Crippen LogP contribution in [0.4, 0.5) is 0 Å². The van der Waals surface area contributed by atoms with Crippen LogP contribution in [-0.2, 0) is 27.5 Å². The number of rotatable bonds is 0. The van der Waals surface area contributed by atoms with E-state index in [0.29, 0.717) is 0 Å². The molecule has 0 saturated carbocycles. The fourth-order valence-corrected chi connectivity index (χ4v) is 0. The normalized spacial score (nSPS) is 5.80. The van der Waals surface area contributed by atoms with Crippen LogP contribution in [0.2, 0.25) is 0 Å². The van der Waals surface area contributed by atoms with E-state index in [9.17, 15) is 0 Å². The van der Waals surface area contributed by atoms with Gasteiger partial charge >= 0.3 is 17.1 Å². The molecule has 68 valence electrons. The van der Waals surface area contributed by atoms with Gasteiger partial charge in [0.1, 0.15) is 0 Å². The SMILES string of the molecule is O.O.O.O.O=S(=O)([O-])[O-].[Mn+3]. The van der Waals surface area contributed by atoms with Crippen LogP contribution >= 0.6 is 0 Å². The van der Waals surface area contributed by atoms with Gasteiger partial charge in [-0.15, -0.1) is 0 Å². The number of hydrogen-bond acceptors (Lipinski definition) is 4. The van der Waals surface area contributed by atoms with Crippen molar-refractivity contribution < 1.29 is 56.5 Å². The molecule has 0 fully saturated rings. The van der Waals surface area contributed by atoms with Gasteiger partial charge in [-0.2, -0.15) is 0 Å². The van der Waals surface area contributed by atoms with Crippen LogP contribution in [0.5, 0.6) is 0 Å². The molecule has 10 heavy (non-hydrogen) atoms. The summed E-state index contributed by atoms with van der Waals surface area (Å²) in [6.45, 7) is 0. The molecule has 8 N–H and O–H groups in total. The molecule has 0 amide bonds. The molecule has 0 atom stereocenters. The molecule has 0 radical (unpaired) electrons. The van der Waals surface area contributed by atoms with Crippen LogP contribution in [0.15, 0.2) is 0 Å². The van der Waals surface area contributed by atoms with Crippen LogP contribution < -0.4 is 0 Å². The predicted molar refractivity (Wildman–Crippen MR) is 24.9 cm³/mol. The molecular formula is H8MnO8S+. The zero-order valence-corrected chi connectivity index (χ0v) is 6.42. The summed E-state index contributed by atoms with van der Waals surface area (Å²) in [5.74, 6) is 0. The average molecular weight is 223 g/mol. The fourth-order valence-electron chi connectivity index (χ4n) is 0. The van der Waals surface area contributed by atoms with E-state index >= 15 is 0 Å². The van der Waals surface area contributed by atoms with Crippen molar-refractivity contribution in [2.24, 2.45) is 0 Å². The molecule has 0 spiro atoms. The third-order valence-electron chi connectivity index (χ3n) is 0. The molecule has 0 saturated heterocycles. The Morgan fingerprint density at radius 1 is 0.800 bits per heavy atom. The van der Waals surface area contributed by atoms with Crippen molar-refractivity contribution in [2.75, 3.05) is 0 Å². The second kappa shape index (κ2) is 16.1. The van der Waals surface area contributed by atoms with Crippen LogP contribution in [0.25, 0.3) is 0 Å². The van der Waals surface area contributed by atoms with Crippen molar-refractivity contribution in [3.63, 3.8) is 0 Å². The van der Waals surface area contributed by atoms with E-state index in [-0.39, 0.29) is 39.0 Å². The number of hydrogen-bond donors (Lipinski definition) is 0. The molecule has 0 aliphatic carbocycles. The maximum atomic E-state index is 8.52. The van der Waals surface area contributed by atoms with Gasteiger partial charge in [0.25, 0.3) is 0 Å². The van der Waals surface area contributed by atoms with Gasteiger partial charge in [-0.25, -0.2) is 0 Å². The second-order valence-corrected chi connectivity index (χ2v) is 1.22. The summed E-state index contributed by atoms with van der Waals surface area (Å²) in [6.07, 6.45) is 0. The van der Waals surface area contributed by atoms with Gasteiger partial charge in [0.2, 0.25) is 0 Å². The second-order valence-electron chi connectivity index (χ2n) is 0.408. The Morgan fingerprint density at radius 3 is 0.800 bits per heavy atom. The molecule has 8 nitrogen and oxygen atoms in total. The molecular weight excluding hydrogens is 215 g/mol. The minimum absolute atomic E-state index is 0. The van der Waals surface area contributed by atoms with Crippen molar-refractivity contribution in [3.8, 4) is 0 Å². The molecule has 0 aromatic rings. The van der Waals surface area contributed by atoms with Gasteiger partial charge in [0.15, 0.2) is 0 Å².